The molecule has 0 unspecified atom stereocenters. The minimum absolute atomic E-state index is 0.303. The van der Waals surface area contributed by atoms with E-state index in [2.05, 4.69) is 58.0 Å². The van der Waals surface area contributed by atoms with Crippen LogP contribution in [-0.4, -0.2) is 18.0 Å². The molecular weight excluding hydrogens is 240 g/mol. The van der Waals surface area contributed by atoms with Crippen molar-refractivity contribution in [3.63, 3.8) is 0 Å². The molecule has 1 aliphatic heterocycles. The van der Waals surface area contributed by atoms with Crippen LogP contribution in [0.2, 0.25) is 0 Å². The fourth-order valence-electron chi connectivity index (χ4n) is 2.55. The van der Waals surface area contributed by atoms with Crippen molar-refractivity contribution in [1.82, 2.24) is 0 Å². The smallest absolute Gasteiger partial charge is 0.0720 e. The highest BCUT2D eigenvalue weighted by atomic mass is 32.2. The molecule has 0 aliphatic carbocycles. The molecule has 0 radical (unpaired) electrons. The van der Waals surface area contributed by atoms with Crippen LogP contribution in [0.15, 0.2) is 35.2 Å². The van der Waals surface area contributed by atoms with Crippen LogP contribution < -0.4 is 0 Å². The van der Waals surface area contributed by atoms with Crippen LogP contribution in [0.25, 0.3) is 0 Å². The summed E-state index contributed by atoms with van der Waals surface area (Å²) in [5.41, 5.74) is 0.303. The Bertz CT molecular complexity index is 372. The van der Waals surface area contributed by atoms with Crippen LogP contribution >= 0.6 is 11.8 Å². The lowest BCUT2D eigenvalue weighted by Gasteiger charge is -2.42. The lowest BCUT2D eigenvalue weighted by atomic mass is 9.83. The summed E-state index contributed by atoms with van der Waals surface area (Å²) in [6.45, 7) is 10.0. The SMILES string of the molecule is CC(C)[C@H]1OCC(C)(C)C[C@@H]1Sc1ccccc1. The normalized spacial score (nSPS) is 27.4. The van der Waals surface area contributed by atoms with Gasteiger partial charge in [-0.3, -0.25) is 0 Å². The summed E-state index contributed by atoms with van der Waals surface area (Å²) >= 11 is 1.98. The van der Waals surface area contributed by atoms with Crippen molar-refractivity contribution in [2.45, 2.75) is 50.4 Å². The van der Waals surface area contributed by atoms with E-state index in [1.807, 2.05) is 11.8 Å². The van der Waals surface area contributed by atoms with Gasteiger partial charge < -0.3 is 4.74 Å². The largest absolute Gasteiger partial charge is 0.376 e. The van der Waals surface area contributed by atoms with E-state index >= 15 is 0 Å². The van der Waals surface area contributed by atoms with E-state index in [9.17, 15) is 0 Å². The maximum Gasteiger partial charge on any atom is 0.0720 e. The Hall–Kier alpha value is -0.470. The monoisotopic (exact) mass is 264 g/mol. The fourth-order valence-corrected chi connectivity index (χ4v) is 4.28. The van der Waals surface area contributed by atoms with Gasteiger partial charge in [0.1, 0.15) is 0 Å². The highest BCUT2D eigenvalue weighted by Crippen LogP contribution is 2.41. The standard InChI is InChI=1S/C16H24OS/c1-12(2)15-14(10-16(3,4)11-17-15)18-13-8-6-5-7-9-13/h5-9,12,14-15H,10-11H2,1-4H3/t14-,15+/m0/s1. The van der Waals surface area contributed by atoms with Gasteiger partial charge in [0.2, 0.25) is 0 Å². The van der Waals surface area contributed by atoms with Crippen molar-refractivity contribution in [1.29, 1.82) is 0 Å². The third-order valence-electron chi connectivity index (χ3n) is 3.47. The molecule has 0 saturated carbocycles. The number of rotatable bonds is 3. The van der Waals surface area contributed by atoms with Crippen LogP contribution in [0.1, 0.15) is 34.1 Å². The average molecular weight is 264 g/mol. The molecule has 0 N–H and O–H groups in total. The predicted octanol–water partition coefficient (Wildman–Crippen LogP) is 4.62. The first-order valence-corrected chi connectivity index (χ1v) is 7.69. The van der Waals surface area contributed by atoms with Gasteiger partial charge >= 0.3 is 0 Å². The number of ether oxygens (including phenoxy) is 1. The zero-order chi connectivity index (χ0) is 13.2. The molecule has 1 saturated heterocycles. The number of benzene rings is 1. The summed E-state index contributed by atoms with van der Waals surface area (Å²) in [5, 5.41) is 0.566. The fraction of sp³-hybridized carbons (Fsp3) is 0.625. The van der Waals surface area contributed by atoms with Crippen LogP contribution in [-0.2, 0) is 4.74 Å². The van der Waals surface area contributed by atoms with E-state index in [-0.39, 0.29) is 0 Å². The van der Waals surface area contributed by atoms with Crippen molar-refractivity contribution in [3.8, 4) is 0 Å². The molecule has 0 amide bonds. The molecule has 2 atom stereocenters. The van der Waals surface area contributed by atoms with E-state index in [0.29, 0.717) is 22.7 Å². The predicted molar refractivity (Wildman–Crippen MR) is 79.1 cm³/mol. The maximum absolute atomic E-state index is 6.12. The van der Waals surface area contributed by atoms with Crippen LogP contribution in [0.4, 0.5) is 0 Å². The molecule has 1 aliphatic rings. The lowest BCUT2D eigenvalue weighted by Crippen LogP contribution is -2.43. The van der Waals surface area contributed by atoms with E-state index in [1.165, 1.54) is 11.3 Å². The van der Waals surface area contributed by atoms with Gasteiger partial charge in [-0.05, 0) is 29.9 Å². The first-order chi connectivity index (χ1) is 8.48. The second-order valence-electron chi connectivity index (χ2n) is 6.36. The first kappa shape index (κ1) is 14.0. The van der Waals surface area contributed by atoms with Crippen molar-refractivity contribution in [2.24, 2.45) is 11.3 Å². The van der Waals surface area contributed by atoms with Crippen molar-refractivity contribution in [2.75, 3.05) is 6.61 Å². The summed E-state index contributed by atoms with van der Waals surface area (Å²) in [5.74, 6) is 0.585. The lowest BCUT2D eigenvalue weighted by molar-refractivity contribution is -0.0629. The number of thioether (sulfide) groups is 1. The molecule has 18 heavy (non-hydrogen) atoms. The minimum Gasteiger partial charge on any atom is -0.376 e. The van der Waals surface area contributed by atoms with Crippen LogP contribution in [0.5, 0.6) is 0 Å². The molecular formula is C16H24OS. The van der Waals surface area contributed by atoms with Crippen LogP contribution in [0.3, 0.4) is 0 Å². The highest BCUT2D eigenvalue weighted by Gasteiger charge is 2.37. The van der Waals surface area contributed by atoms with Gasteiger partial charge in [-0.25, -0.2) is 0 Å². The van der Waals surface area contributed by atoms with Gasteiger partial charge in [0.05, 0.1) is 12.7 Å². The Labute approximate surface area is 115 Å². The van der Waals surface area contributed by atoms with Gasteiger partial charge in [-0.1, -0.05) is 45.9 Å². The molecule has 1 nitrogen and oxygen atoms in total. The molecule has 2 rings (SSSR count). The average Bonchev–Trinajstić information content (AvgIpc) is 2.28. The Kier molecular flexibility index (Phi) is 4.39. The van der Waals surface area contributed by atoms with Gasteiger partial charge in [-0.2, -0.15) is 0 Å². The van der Waals surface area contributed by atoms with E-state index in [0.717, 1.165) is 6.61 Å². The third-order valence-corrected chi connectivity index (χ3v) is 4.76. The van der Waals surface area contributed by atoms with E-state index in [1.54, 1.807) is 0 Å². The van der Waals surface area contributed by atoms with Crippen molar-refractivity contribution >= 4 is 11.8 Å². The maximum atomic E-state index is 6.12. The Morgan fingerprint density at radius 2 is 1.89 bits per heavy atom. The second kappa shape index (κ2) is 5.66. The van der Waals surface area contributed by atoms with E-state index < -0.39 is 0 Å². The molecule has 1 aromatic carbocycles. The van der Waals surface area contributed by atoms with Crippen molar-refractivity contribution < 1.29 is 4.74 Å². The number of hydrogen-bond donors (Lipinski definition) is 0. The Morgan fingerprint density at radius 1 is 1.22 bits per heavy atom. The zero-order valence-corrected chi connectivity index (χ0v) is 12.7. The number of hydrogen-bond acceptors (Lipinski definition) is 2. The minimum atomic E-state index is 0.303. The summed E-state index contributed by atoms with van der Waals surface area (Å²) in [4.78, 5) is 1.36. The van der Waals surface area contributed by atoms with Gasteiger partial charge in [-0.15, -0.1) is 11.8 Å². The summed E-state index contributed by atoms with van der Waals surface area (Å²) in [6.07, 6.45) is 1.61. The molecule has 1 fully saturated rings. The van der Waals surface area contributed by atoms with Gasteiger partial charge in [0, 0.05) is 10.1 Å². The summed E-state index contributed by atoms with van der Waals surface area (Å²) < 4.78 is 6.12. The summed E-state index contributed by atoms with van der Waals surface area (Å²) in [6, 6.07) is 10.7. The Balaban J connectivity index is 2.10. The highest BCUT2D eigenvalue weighted by molar-refractivity contribution is 8.00. The molecule has 0 bridgehead atoms. The molecule has 2 heteroatoms. The molecule has 0 aromatic heterocycles. The Morgan fingerprint density at radius 3 is 2.50 bits per heavy atom. The molecule has 100 valence electrons. The quantitative estimate of drug-likeness (QED) is 0.788. The van der Waals surface area contributed by atoms with Crippen LogP contribution in [0, 0.1) is 11.3 Å². The van der Waals surface area contributed by atoms with Gasteiger partial charge in [0.15, 0.2) is 0 Å². The first-order valence-electron chi connectivity index (χ1n) is 6.81. The second-order valence-corrected chi connectivity index (χ2v) is 7.67. The van der Waals surface area contributed by atoms with E-state index in [4.69, 9.17) is 4.74 Å². The third kappa shape index (κ3) is 3.52. The van der Waals surface area contributed by atoms with Crippen molar-refractivity contribution in [3.05, 3.63) is 30.3 Å². The summed E-state index contributed by atoms with van der Waals surface area (Å²) in [7, 11) is 0. The van der Waals surface area contributed by atoms with Gasteiger partial charge in [0.25, 0.3) is 0 Å². The molecule has 0 spiro atoms. The topological polar surface area (TPSA) is 9.23 Å². The molecule has 1 heterocycles. The zero-order valence-electron chi connectivity index (χ0n) is 11.8. The molecule has 1 aromatic rings.